The monoisotopic (exact) mass is 208 g/mol. The quantitative estimate of drug-likeness (QED) is 0.585. The van der Waals surface area contributed by atoms with Crippen molar-refractivity contribution in [1.29, 1.82) is 10.5 Å². The van der Waals surface area contributed by atoms with Gasteiger partial charge in [-0.3, -0.25) is 9.79 Å². The van der Waals surface area contributed by atoms with Crippen molar-refractivity contribution >= 4 is 12.6 Å². The second kappa shape index (κ2) is 5.74. The minimum Gasteiger partial charge on any atom is -0.394 e. The summed E-state index contributed by atoms with van der Waals surface area (Å²) in [7, 11) is 0. The first kappa shape index (κ1) is 13.1. The molecular weight excluding hydrogens is 196 g/mol. The zero-order valence-corrected chi connectivity index (χ0v) is 8.40. The van der Waals surface area contributed by atoms with Crippen molar-refractivity contribution in [2.75, 3.05) is 6.61 Å². The van der Waals surface area contributed by atoms with Gasteiger partial charge in [-0.2, -0.15) is 10.5 Å². The average Bonchev–Trinajstić information content (AvgIpc) is 2.29. The third kappa shape index (κ3) is 2.76. The fraction of sp³-hybridized carbons (Fsp3) is 0.556. The van der Waals surface area contributed by atoms with Crippen LogP contribution in [0, 0.1) is 22.7 Å². The van der Waals surface area contributed by atoms with Crippen LogP contribution in [-0.2, 0) is 4.79 Å². The minimum atomic E-state index is -2.12. The molecule has 0 rings (SSSR count). The molecule has 0 aliphatic carbocycles. The van der Waals surface area contributed by atoms with Crippen LogP contribution >= 0.6 is 0 Å². The molecule has 80 valence electrons. The average molecular weight is 208 g/mol. The largest absolute Gasteiger partial charge is 0.394 e. The molecule has 15 heavy (non-hydrogen) atoms. The molecule has 0 fully saturated rings. The molecule has 1 atom stereocenters. The Morgan fingerprint density at radius 2 is 2.20 bits per heavy atom. The molecule has 0 saturated heterocycles. The normalized spacial score (nSPS) is 12.0. The number of rotatable bonds is 5. The Morgan fingerprint density at radius 1 is 1.67 bits per heavy atom. The maximum Gasteiger partial charge on any atom is 0.309 e. The number of hydrogen-bond acceptors (Lipinski definition) is 5. The molecule has 0 aromatic heterocycles. The lowest BCUT2D eigenvalue weighted by atomic mass is 10.0. The SMILES string of the molecule is C=NC(C#N)(C#N)C(=O)NC(CC)CO. The highest BCUT2D eigenvalue weighted by atomic mass is 16.3. The maximum absolute atomic E-state index is 11.5. The van der Waals surface area contributed by atoms with E-state index in [9.17, 15) is 4.79 Å². The van der Waals surface area contributed by atoms with Crippen LogP contribution in [0.2, 0.25) is 0 Å². The van der Waals surface area contributed by atoms with Crippen molar-refractivity contribution in [3.05, 3.63) is 0 Å². The van der Waals surface area contributed by atoms with Gasteiger partial charge in [0.1, 0.15) is 12.1 Å². The standard InChI is InChI=1S/C9H12N4O2/c1-3-7(4-14)13-8(15)9(5-10,6-11)12-2/h7,14H,2-4H2,1H3,(H,13,15). The topological polar surface area (TPSA) is 109 Å². The second-order valence-corrected chi connectivity index (χ2v) is 2.85. The summed E-state index contributed by atoms with van der Waals surface area (Å²) in [6.45, 7) is 4.53. The van der Waals surface area contributed by atoms with Crippen LogP contribution in [0.15, 0.2) is 4.99 Å². The van der Waals surface area contributed by atoms with Gasteiger partial charge < -0.3 is 10.4 Å². The third-order valence-corrected chi connectivity index (χ3v) is 1.94. The lowest BCUT2D eigenvalue weighted by Gasteiger charge is -2.18. The van der Waals surface area contributed by atoms with Crippen LogP contribution in [0.25, 0.3) is 0 Å². The Labute approximate surface area is 87.8 Å². The number of hydrogen-bond donors (Lipinski definition) is 2. The van der Waals surface area contributed by atoms with E-state index in [1.165, 1.54) is 12.1 Å². The van der Waals surface area contributed by atoms with Crippen LogP contribution in [0.5, 0.6) is 0 Å². The number of aliphatic imine (C=N–C) groups is 1. The first-order valence-corrected chi connectivity index (χ1v) is 4.32. The molecule has 0 heterocycles. The third-order valence-electron chi connectivity index (χ3n) is 1.94. The molecule has 1 unspecified atom stereocenters. The molecular formula is C9H12N4O2. The van der Waals surface area contributed by atoms with E-state index in [-0.39, 0.29) is 6.61 Å². The van der Waals surface area contributed by atoms with Gasteiger partial charge in [-0.1, -0.05) is 6.92 Å². The lowest BCUT2D eigenvalue weighted by molar-refractivity contribution is -0.123. The summed E-state index contributed by atoms with van der Waals surface area (Å²) in [6, 6.07) is 2.48. The van der Waals surface area contributed by atoms with E-state index in [0.29, 0.717) is 6.42 Å². The Morgan fingerprint density at radius 3 is 2.47 bits per heavy atom. The predicted molar refractivity (Wildman–Crippen MR) is 52.8 cm³/mol. The lowest BCUT2D eigenvalue weighted by Crippen LogP contribution is -2.48. The molecule has 0 saturated carbocycles. The number of carbonyl (C=O) groups is 1. The highest BCUT2D eigenvalue weighted by molar-refractivity contribution is 5.93. The van der Waals surface area contributed by atoms with Gasteiger partial charge in [0.05, 0.1) is 12.6 Å². The zero-order chi connectivity index (χ0) is 11.9. The van der Waals surface area contributed by atoms with Gasteiger partial charge in [0.15, 0.2) is 0 Å². The fourth-order valence-electron chi connectivity index (χ4n) is 0.836. The smallest absolute Gasteiger partial charge is 0.309 e. The van der Waals surface area contributed by atoms with E-state index < -0.39 is 17.5 Å². The fourth-order valence-corrected chi connectivity index (χ4v) is 0.836. The van der Waals surface area contributed by atoms with Gasteiger partial charge in [-0.15, -0.1) is 0 Å². The number of amides is 1. The summed E-state index contributed by atoms with van der Waals surface area (Å²) in [5, 5.41) is 28.5. The van der Waals surface area contributed by atoms with Crippen molar-refractivity contribution in [1.82, 2.24) is 5.32 Å². The molecule has 0 aliphatic heterocycles. The number of nitriles is 2. The highest BCUT2D eigenvalue weighted by Gasteiger charge is 2.38. The van der Waals surface area contributed by atoms with E-state index in [4.69, 9.17) is 15.6 Å². The van der Waals surface area contributed by atoms with E-state index in [0.717, 1.165) is 0 Å². The van der Waals surface area contributed by atoms with Crippen molar-refractivity contribution in [2.24, 2.45) is 4.99 Å². The molecule has 0 aliphatic rings. The summed E-state index contributed by atoms with van der Waals surface area (Å²) in [5.41, 5.74) is -2.12. The van der Waals surface area contributed by atoms with Crippen molar-refractivity contribution in [3.8, 4) is 12.1 Å². The summed E-state index contributed by atoms with van der Waals surface area (Å²) < 4.78 is 0. The first-order valence-electron chi connectivity index (χ1n) is 4.32. The summed E-state index contributed by atoms with van der Waals surface area (Å²) in [5.74, 6) is -0.858. The van der Waals surface area contributed by atoms with E-state index in [1.54, 1.807) is 6.92 Å². The number of aliphatic hydroxyl groups excluding tert-OH is 1. The highest BCUT2D eigenvalue weighted by Crippen LogP contribution is 2.08. The summed E-state index contributed by atoms with van der Waals surface area (Å²) in [4.78, 5) is 14.7. The number of nitrogens with one attached hydrogen (secondary N) is 1. The molecule has 1 amide bonds. The minimum absolute atomic E-state index is 0.258. The molecule has 0 spiro atoms. The van der Waals surface area contributed by atoms with E-state index >= 15 is 0 Å². The Balaban J connectivity index is 4.78. The van der Waals surface area contributed by atoms with Crippen LogP contribution in [0.1, 0.15) is 13.3 Å². The van der Waals surface area contributed by atoms with Crippen LogP contribution in [-0.4, -0.2) is 35.9 Å². The van der Waals surface area contributed by atoms with E-state index in [1.807, 2.05) is 0 Å². The van der Waals surface area contributed by atoms with Gasteiger partial charge in [0, 0.05) is 0 Å². The molecule has 0 radical (unpaired) electrons. The molecule has 6 heteroatoms. The van der Waals surface area contributed by atoms with Crippen LogP contribution in [0.3, 0.4) is 0 Å². The van der Waals surface area contributed by atoms with Crippen molar-refractivity contribution < 1.29 is 9.90 Å². The Kier molecular flexibility index (Phi) is 5.00. The molecule has 0 aromatic rings. The molecule has 0 aromatic carbocycles. The van der Waals surface area contributed by atoms with Crippen molar-refractivity contribution in [3.63, 3.8) is 0 Å². The molecule has 6 nitrogen and oxygen atoms in total. The second-order valence-electron chi connectivity index (χ2n) is 2.85. The zero-order valence-electron chi connectivity index (χ0n) is 8.40. The predicted octanol–water partition coefficient (Wildman–Crippen LogP) is -0.640. The van der Waals surface area contributed by atoms with Crippen LogP contribution in [0.4, 0.5) is 0 Å². The van der Waals surface area contributed by atoms with Crippen LogP contribution < -0.4 is 5.32 Å². The molecule has 2 N–H and O–H groups in total. The van der Waals surface area contributed by atoms with E-state index in [2.05, 4.69) is 17.0 Å². The summed E-state index contributed by atoms with van der Waals surface area (Å²) in [6.07, 6.45) is 0.492. The number of carbonyl (C=O) groups excluding carboxylic acids is 1. The van der Waals surface area contributed by atoms with Crippen molar-refractivity contribution in [2.45, 2.75) is 24.9 Å². The summed E-state index contributed by atoms with van der Waals surface area (Å²) >= 11 is 0. The number of aliphatic hydroxyl groups is 1. The molecule has 0 bridgehead atoms. The number of nitrogens with zero attached hydrogens (tertiary/aromatic N) is 3. The van der Waals surface area contributed by atoms with Gasteiger partial charge >= 0.3 is 5.54 Å². The van der Waals surface area contributed by atoms with Gasteiger partial charge in [0.25, 0.3) is 5.91 Å². The first-order chi connectivity index (χ1) is 7.10. The van der Waals surface area contributed by atoms with Gasteiger partial charge in [-0.05, 0) is 13.1 Å². The van der Waals surface area contributed by atoms with Gasteiger partial charge in [0.2, 0.25) is 0 Å². The Bertz CT molecular complexity index is 308. The Hall–Kier alpha value is -1.92. The van der Waals surface area contributed by atoms with Gasteiger partial charge in [-0.25, -0.2) is 0 Å². The maximum atomic E-state index is 11.5.